The summed E-state index contributed by atoms with van der Waals surface area (Å²) >= 11 is 1.74. The van der Waals surface area contributed by atoms with E-state index in [1.165, 1.54) is 15.5 Å². The van der Waals surface area contributed by atoms with Gasteiger partial charge in [-0.2, -0.15) is 0 Å². The number of hydrogen-bond donors (Lipinski definition) is 0. The standard InChI is InChI=1S/C14H12O2S/c1-15-11-7-10-4-3-9-5-6-17-14(9)13(10)12(8-11)16-2/h3-8H,1-2H3. The molecule has 86 valence electrons. The Bertz CT molecular complexity index is 685. The van der Waals surface area contributed by atoms with E-state index in [2.05, 4.69) is 23.6 Å². The summed E-state index contributed by atoms with van der Waals surface area (Å²) in [5, 5.41) is 5.68. The highest BCUT2D eigenvalue weighted by molar-refractivity contribution is 7.18. The number of rotatable bonds is 2. The third-order valence-corrected chi connectivity index (χ3v) is 3.87. The summed E-state index contributed by atoms with van der Waals surface area (Å²) in [7, 11) is 3.37. The van der Waals surface area contributed by atoms with Crippen molar-refractivity contribution in [2.45, 2.75) is 0 Å². The lowest BCUT2D eigenvalue weighted by Crippen LogP contribution is -1.88. The van der Waals surface area contributed by atoms with E-state index in [-0.39, 0.29) is 0 Å². The summed E-state index contributed by atoms with van der Waals surface area (Å²) in [5.41, 5.74) is 0. The predicted octanol–water partition coefficient (Wildman–Crippen LogP) is 4.07. The molecule has 0 aliphatic heterocycles. The first kappa shape index (κ1) is 10.4. The predicted molar refractivity (Wildman–Crippen MR) is 72.4 cm³/mol. The van der Waals surface area contributed by atoms with Crippen LogP contribution in [-0.2, 0) is 0 Å². The Balaban J connectivity index is 2.48. The van der Waals surface area contributed by atoms with Gasteiger partial charge in [-0.15, -0.1) is 11.3 Å². The largest absolute Gasteiger partial charge is 0.497 e. The maximum Gasteiger partial charge on any atom is 0.131 e. The van der Waals surface area contributed by atoms with Crippen molar-refractivity contribution in [3.63, 3.8) is 0 Å². The van der Waals surface area contributed by atoms with Crippen molar-refractivity contribution < 1.29 is 9.47 Å². The van der Waals surface area contributed by atoms with Crippen molar-refractivity contribution in [3.05, 3.63) is 35.7 Å². The fourth-order valence-corrected chi connectivity index (χ4v) is 3.06. The van der Waals surface area contributed by atoms with Crippen LogP contribution in [0.4, 0.5) is 0 Å². The van der Waals surface area contributed by atoms with Crippen LogP contribution in [0, 0.1) is 0 Å². The van der Waals surface area contributed by atoms with E-state index < -0.39 is 0 Å². The molecule has 0 saturated heterocycles. The minimum atomic E-state index is 0.824. The van der Waals surface area contributed by atoms with Gasteiger partial charge in [-0.05, 0) is 28.3 Å². The van der Waals surface area contributed by atoms with E-state index in [4.69, 9.17) is 9.47 Å². The lowest BCUT2D eigenvalue weighted by molar-refractivity contribution is 0.398. The van der Waals surface area contributed by atoms with Gasteiger partial charge in [0.05, 0.1) is 14.2 Å². The summed E-state index contributed by atoms with van der Waals surface area (Å²) < 4.78 is 12.0. The Labute approximate surface area is 103 Å². The van der Waals surface area contributed by atoms with E-state index in [1.54, 1.807) is 25.6 Å². The average Bonchev–Trinajstić information content (AvgIpc) is 2.85. The van der Waals surface area contributed by atoms with Gasteiger partial charge in [0.15, 0.2) is 0 Å². The van der Waals surface area contributed by atoms with Gasteiger partial charge in [0.1, 0.15) is 11.5 Å². The molecule has 3 rings (SSSR count). The Kier molecular flexibility index (Phi) is 2.41. The van der Waals surface area contributed by atoms with Crippen LogP contribution in [0.5, 0.6) is 11.5 Å². The van der Waals surface area contributed by atoms with Crippen LogP contribution < -0.4 is 9.47 Å². The normalized spacial score (nSPS) is 10.9. The second-order valence-electron chi connectivity index (χ2n) is 3.83. The summed E-state index contributed by atoms with van der Waals surface area (Å²) in [4.78, 5) is 0. The average molecular weight is 244 g/mol. The van der Waals surface area contributed by atoms with Gasteiger partial charge in [0.25, 0.3) is 0 Å². The zero-order valence-electron chi connectivity index (χ0n) is 9.69. The molecular formula is C14H12O2S. The molecule has 0 amide bonds. The van der Waals surface area contributed by atoms with Crippen molar-refractivity contribution in [2.75, 3.05) is 14.2 Å². The maximum absolute atomic E-state index is 5.47. The van der Waals surface area contributed by atoms with E-state index in [9.17, 15) is 0 Å². The molecule has 0 unspecified atom stereocenters. The van der Waals surface area contributed by atoms with Crippen molar-refractivity contribution in [3.8, 4) is 11.5 Å². The molecule has 0 aliphatic carbocycles. The molecule has 0 bridgehead atoms. The van der Waals surface area contributed by atoms with Gasteiger partial charge in [0.2, 0.25) is 0 Å². The summed E-state index contributed by atoms with van der Waals surface area (Å²) in [5.74, 6) is 1.69. The molecule has 1 heterocycles. The van der Waals surface area contributed by atoms with Gasteiger partial charge < -0.3 is 9.47 Å². The molecule has 0 saturated carbocycles. The monoisotopic (exact) mass is 244 g/mol. The number of benzene rings is 2. The van der Waals surface area contributed by atoms with Gasteiger partial charge in [0, 0.05) is 16.2 Å². The molecule has 17 heavy (non-hydrogen) atoms. The van der Waals surface area contributed by atoms with E-state index in [0.717, 1.165) is 16.9 Å². The molecule has 0 radical (unpaired) electrons. The molecule has 3 heteroatoms. The number of ether oxygens (including phenoxy) is 2. The van der Waals surface area contributed by atoms with Crippen LogP contribution in [-0.4, -0.2) is 14.2 Å². The van der Waals surface area contributed by atoms with Crippen LogP contribution in [0.1, 0.15) is 0 Å². The van der Waals surface area contributed by atoms with Crippen LogP contribution in [0.15, 0.2) is 35.7 Å². The van der Waals surface area contributed by atoms with E-state index >= 15 is 0 Å². The SMILES string of the molecule is COc1cc(OC)c2c(ccc3ccsc32)c1. The quantitative estimate of drug-likeness (QED) is 0.676. The highest BCUT2D eigenvalue weighted by Crippen LogP contribution is 2.38. The molecular weight excluding hydrogens is 232 g/mol. The van der Waals surface area contributed by atoms with Crippen LogP contribution in [0.2, 0.25) is 0 Å². The second kappa shape index (κ2) is 3.93. The Morgan fingerprint density at radius 1 is 0.941 bits per heavy atom. The Morgan fingerprint density at radius 2 is 1.76 bits per heavy atom. The molecule has 2 nitrogen and oxygen atoms in total. The van der Waals surface area contributed by atoms with Gasteiger partial charge in [-0.3, -0.25) is 0 Å². The minimum Gasteiger partial charge on any atom is -0.497 e. The number of methoxy groups -OCH3 is 2. The zero-order chi connectivity index (χ0) is 11.8. The van der Waals surface area contributed by atoms with Gasteiger partial charge >= 0.3 is 0 Å². The maximum atomic E-state index is 5.47. The Morgan fingerprint density at radius 3 is 2.53 bits per heavy atom. The lowest BCUT2D eigenvalue weighted by atomic mass is 10.1. The molecule has 1 aromatic heterocycles. The molecule has 0 spiro atoms. The van der Waals surface area contributed by atoms with Crippen LogP contribution in [0.3, 0.4) is 0 Å². The minimum absolute atomic E-state index is 0.824. The van der Waals surface area contributed by atoms with Crippen LogP contribution in [0.25, 0.3) is 20.9 Å². The first-order valence-electron chi connectivity index (χ1n) is 5.35. The molecule has 2 aromatic carbocycles. The summed E-state index contributed by atoms with van der Waals surface area (Å²) in [6, 6.07) is 10.3. The number of thiophene rings is 1. The number of hydrogen-bond acceptors (Lipinski definition) is 3. The van der Waals surface area contributed by atoms with Crippen molar-refractivity contribution in [1.29, 1.82) is 0 Å². The highest BCUT2D eigenvalue weighted by atomic mass is 32.1. The van der Waals surface area contributed by atoms with Crippen LogP contribution >= 0.6 is 11.3 Å². The molecule has 0 atom stereocenters. The summed E-state index contributed by atoms with van der Waals surface area (Å²) in [6.07, 6.45) is 0. The topological polar surface area (TPSA) is 18.5 Å². The van der Waals surface area contributed by atoms with Crippen molar-refractivity contribution >= 4 is 32.2 Å². The fourth-order valence-electron chi connectivity index (χ4n) is 2.10. The van der Waals surface area contributed by atoms with E-state index in [0.29, 0.717) is 0 Å². The first-order valence-corrected chi connectivity index (χ1v) is 6.23. The zero-order valence-corrected chi connectivity index (χ0v) is 10.5. The fraction of sp³-hybridized carbons (Fsp3) is 0.143. The smallest absolute Gasteiger partial charge is 0.131 e. The summed E-state index contributed by atoms with van der Waals surface area (Å²) in [6.45, 7) is 0. The van der Waals surface area contributed by atoms with Gasteiger partial charge in [-0.1, -0.05) is 12.1 Å². The lowest BCUT2D eigenvalue weighted by Gasteiger charge is -2.09. The van der Waals surface area contributed by atoms with E-state index in [1.807, 2.05) is 12.1 Å². The Hall–Kier alpha value is -1.74. The first-order chi connectivity index (χ1) is 8.33. The molecule has 0 fully saturated rings. The second-order valence-corrected chi connectivity index (χ2v) is 4.75. The molecule has 3 aromatic rings. The highest BCUT2D eigenvalue weighted by Gasteiger charge is 2.09. The third-order valence-electron chi connectivity index (χ3n) is 2.93. The van der Waals surface area contributed by atoms with Gasteiger partial charge in [-0.25, -0.2) is 0 Å². The molecule has 0 N–H and O–H groups in total. The number of fused-ring (bicyclic) bond motifs is 3. The third kappa shape index (κ3) is 1.54. The van der Waals surface area contributed by atoms with Crippen molar-refractivity contribution in [2.24, 2.45) is 0 Å². The molecule has 0 aliphatic rings. The van der Waals surface area contributed by atoms with Crippen molar-refractivity contribution in [1.82, 2.24) is 0 Å².